The van der Waals surface area contributed by atoms with Gasteiger partial charge in [0.25, 0.3) is 5.56 Å². The van der Waals surface area contributed by atoms with E-state index in [0.29, 0.717) is 4.77 Å². The molecule has 0 aliphatic carbocycles. The Morgan fingerprint density at radius 1 is 1.24 bits per heavy atom. The molecule has 1 aliphatic rings. The normalized spacial score (nSPS) is 11.2. The second kappa shape index (κ2) is 5.08. The first-order valence-electron chi connectivity index (χ1n) is 4.82. The van der Waals surface area contributed by atoms with Gasteiger partial charge < -0.3 is 4.98 Å². The standard InChI is InChI=1S/C6H3ClS.C5H6N2OS/c7-4-1-2-5-6(3-4)8-5;1-3-2-4(8)7-5(9)6-3/h1-3H;2H,1H3,(H2,6,7,8,9). The van der Waals surface area contributed by atoms with E-state index in [4.69, 9.17) is 11.6 Å². The lowest BCUT2D eigenvalue weighted by Gasteiger charge is -1.87. The third kappa shape index (κ3) is 3.73. The highest BCUT2D eigenvalue weighted by Gasteiger charge is 2.16. The number of nitrogens with one attached hydrogen (secondary N) is 2. The summed E-state index contributed by atoms with van der Waals surface area (Å²) in [5.41, 5.74) is 0.625. The molecule has 3 nitrogen and oxygen atoms in total. The minimum Gasteiger partial charge on any atom is -0.336 e. The van der Waals surface area contributed by atoms with E-state index in [1.807, 2.05) is 18.2 Å². The van der Waals surface area contributed by atoms with Gasteiger partial charge in [0.15, 0.2) is 4.77 Å². The molecule has 1 aromatic carbocycles. The zero-order chi connectivity index (χ0) is 12.4. The van der Waals surface area contributed by atoms with Gasteiger partial charge in [0, 0.05) is 26.6 Å². The zero-order valence-corrected chi connectivity index (χ0v) is 11.3. The van der Waals surface area contributed by atoms with E-state index in [2.05, 4.69) is 22.2 Å². The van der Waals surface area contributed by atoms with Crippen molar-refractivity contribution in [2.45, 2.75) is 16.7 Å². The Hall–Kier alpha value is -1.04. The van der Waals surface area contributed by atoms with Gasteiger partial charge in [-0.05, 0) is 37.3 Å². The van der Waals surface area contributed by atoms with Gasteiger partial charge in [-0.1, -0.05) is 23.4 Å². The fourth-order valence-electron chi connectivity index (χ4n) is 1.23. The van der Waals surface area contributed by atoms with Gasteiger partial charge in [-0.15, -0.1) is 0 Å². The average Bonchev–Trinajstić information content (AvgIpc) is 2.94. The van der Waals surface area contributed by atoms with Gasteiger partial charge in [-0.2, -0.15) is 0 Å². The first kappa shape index (κ1) is 12.4. The van der Waals surface area contributed by atoms with Crippen molar-refractivity contribution in [3.63, 3.8) is 0 Å². The van der Waals surface area contributed by atoms with Crippen LogP contribution >= 0.6 is 35.6 Å². The van der Waals surface area contributed by atoms with Crippen LogP contribution in [0.25, 0.3) is 0 Å². The third-order valence-corrected chi connectivity index (χ3v) is 3.35. The lowest BCUT2D eigenvalue weighted by atomic mass is 10.4. The largest absolute Gasteiger partial charge is 0.336 e. The fraction of sp³-hybridized carbons (Fsp3) is 0.0909. The predicted molar refractivity (Wildman–Crippen MR) is 72.6 cm³/mol. The highest BCUT2D eigenvalue weighted by molar-refractivity contribution is 8.05. The second-order valence-electron chi connectivity index (χ2n) is 3.46. The molecule has 0 amide bonds. The van der Waals surface area contributed by atoms with Crippen molar-refractivity contribution in [1.82, 2.24) is 9.97 Å². The zero-order valence-electron chi connectivity index (χ0n) is 8.91. The highest BCUT2D eigenvalue weighted by Crippen LogP contribution is 2.48. The van der Waals surface area contributed by atoms with Crippen molar-refractivity contribution in [2.75, 3.05) is 0 Å². The topological polar surface area (TPSA) is 48.6 Å². The van der Waals surface area contributed by atoms with Crippen molar-refractivity contribution >= 4 is 35.6 Å². The van der Waals surface area contributed by atoms with Crippen LogP contribution in [0.5, 0.6) is 0 Å². The monoisotopic (exact) mass is 284 g/mol. The lowest BCUT2D eigenvalue weighted by Crippen LogP contribution is -2.05. The van der Waals surface area contributed by atoms with Gasteiger partial charge >= 0.3 is 0 Å². The average molecular weight is 285 g/mol. The maximum absolute atomic E-state index is 10.6. The molecule has 2 heterocycles. The van der Waals surface area contributed by atoms with E-state index in [-0.39, 0.29) is 5.56 Å². The summed E-state index contributed by atoms with van der Waals surface area (Å²) in [6.45, 7) is 1.78. The third-order valence-electron chi connectivity index (χ3n) is 1.98. The first-order chi connectivity index (χ1) is 8.04. The molecule has 0 saturated carbocycles. The smallest absolute Gasteiger partial charge is 0.251 e. The van der Waals surface area contributed by atoms with Crippen LogP contribution in [0.2, 0.25) is 5.02 Å². The van der Waals surface area contributed by atoms with Crippen LogP contribution in [0.4, 0.5) is 0 Å². The molecule has 6 heteroatoms. The van der Waals surface area contributed by atoms with E-state index in [0.717, 1.165) is 10.7 Å². The Morgan fingerprint density at radius 2 is 2.00 bits per heavy atom. The minimum absolute atomic E-state index is 0.156. The van der Waals surface area contributed by atoms with Gasteiger partial charge in [-0.25, -0.2) is 0 Å². The number of halogens is 1. The Morgan fingerprint density at radius 3 is 2.53 bits per heavy atom. The van der Waals surface area contributed by atoms with E-state index < -0.39 is 0 Å². The van der Waals surface area contributed by atoms with Crippen LogP contribution < -0.4 is 5.56 Å². The van der Waals surface area contributed by atoms with Gasteiger partial charge in [0.05, 0.1) is 0 Å². The molecular weight excluding hydrogens is 276 g/mol. The summed E-state index contributed by atoms with van der Waals surface area (Å²) < 4.78 is 0.375. The first-order valence-corrected chi connectivity index (χ1v) is 6.42. The number of hydrogen-bond acceptors (Lipinski definition) is 3. The summed E-state index contributed by atoms with van der Waals surface area (Å²) in [7, 11) is 0. The minimum atomic E-state index is -0.156. The molecule has 0 radical (unpaired) electrons. The van der Waals surface area contributed by atoms with Crippen LogP contribution in [0.1, 0.15) is 5.69 Å². The van der Waals surface area contributed by atoms with E-state index in [9.17, 15) is 4.79 Å². The summed E-state index contributed by atoms with van der Waals surface area (Å²) in [5, 5.41) is 0.841. The van der Waals surface area contributed by atoms with Crippen LogP contribution in [-0.4, -0.2) is 9.97 Å². The van der Waals surface area contributed by atoms with E-state index >= 15 is 0 Å². The van der Waals surface area contributed by atoms with Gasteiger partial charge in [0.2, 0.25) is 0 Å². The molecule has 0 spiro atoms. The Bertz CT molecular complexity index is 634. The maximum atomic E-state index is 10.6. The van der Waals surface area contributed by atoms with E-state index in [1.54, 1.807) is 18.7 Å². The fourth-order valence-corrected chi connectivity index (χ4v) is 2.36. The SMILES string of the molecule is Cc1cc(=O)[nH]c(=S)[nH]1.Clc1ccc2c(c1)S2. The lowest BCUT2D eigenvalue weighted by molar-refractivity contribution is 1.04. The predicted octanol–water partition coefficient (Wildman–Crippen LogP) is 3.55. The van der Waals surface area contributed by atoms with Crippen LogP contribution in [0, 0.1) is 11.7 Å². The molecule has 2 aromatic rings. The number of aromatic amines is 2. The highest BCUT2D eigenvalue weighted by atomic mass is 35.5. The van der Waals surface area contributed by atoms with Crippen molar-refractivity contribution in [3.05, 3.63) is 50.1 Å². The molecule has 1 aromatic heterocycles. The molecule has 3 rings (SSSR count). The molecular formula is C11H9ClN2OS2. The molecule has 2 N–H and O–H groups in total. The molecule has 88 valence electrons. The van der Waals surface area contributed by atoms with Crippen LogP contribution in [0.15, 0.2) is 38.9 Å². The molecule has 0 saturated heterocycles. The molecule has 0 fully saturated rings. The molecule has 0 unspecified atom stereocenters. The van der Waals surface area contributed by atoms with Crippen molar-refractivity contribution in [3.8, 4) is 0 Å². The van der Waals surface area contributed by atoms with Gasteiger partial charge in [-0.3, -0.25) is 9.78 Å². The van der Waals surface area contributed by atoms with Crippen LogP contribution in [-0.2, 0) is 0 Å². The number of hydrogen-bond donors (Lipinski definition) is 2. The molecule has 17 heavy (non-hydrogen) atoms. The van der Waals surface area contributed by atoms with Crippen molar-refractivity contribution in [2.24, 2.45) is 0 Å². The molecule has 0 bridgehead atoms. The number of H-pyrrole nitrogens is 2. The Balaban J connectivity index is 0.000000127. The Labute approximate surface area is 112 Å². The summed E-state index contributed by atoms with van der Waals surface area (Å²) in [6, 6.07) is 7.40. The number of fused-ring (bicyclic) bond motifs is 1. The summed E-state index contributed by atoms with van der Waals surface area (Å²) in [4.78, 5) is 18.5. The maximum Gasteiger partial charge on any atom is 0.251 e. The number of rotatable bonds is 0. The quantitative estimate of drug-likeness (QED) is 0.490. The number of benzene rings is 1. The summed E-state index contributed by atoms with van der Waals surface area (Å²) in [6.07, 6.45) is 0. The van der Waals surface area contributed by atoms with Crippen molar-refractivity contribution in [1.29, 1.82) is 0 Å². The molecule has 0 atom stereocenters. The van der Waals surface area contributed by atoms with Crippen LogP contribution in [0.3, 0.4) is 0 Å². The summed E-state index contributed by atoms with van der Waals surface area (Å²) >= 11 is 12.1. The summed E-state index contributed by atoms with van der Waals surface area (Å²) in [5.74, 6) is 0. The number of aromatic nitrogens is 2. The second-order valence-corrected chi connectivity index (χ2v) is 5.39. The molecule has 1 aliphatic heterocycles. The number of aryl methyl sites for hydroxylation is 1. The van der Waals surface area contributed by atoms with E-state index in [1.165, 1.54) is 15.9 Å². The van der Waals surface area contributed by atoms with Crippen molar-refractivity contribution < 1.29 is 0 Å². The van der Waals surface area contributed by atoms with Gasteiger partial charge in [0.1, 0.15) is 0 Å². The Kier molecular flexibility index (Phi) is 3.71.